The fourth-order valence-corrected chi connectivity index (χ4v) is 2.01. The zero-order valence-electron chi connectivity index (χ0n) is 11.5. The van der Waals surface area contributed by atoms with Gasteiger partial charge < -0.3 is 10.8 Å². The number of aromatic nitrogens is 2. The number of nitrogens with two attached hydrogens (primary N) is 1. The molecule has 1 heterocycles. The maximum Gasteiger partial charge on any atom is 0.231 e. The lowest BCUT2D eigenvalue weighted by atomic mass is 10.3. The Balaban J connectivity index is 2.38. The molecule has 0 saturated heterocycles. The number of halogens is 2. The van der Waals surface area contributed by atoms with E-state index < -0.39 is 0 Å². The Kier molecular flexibility index (Phi) is 4.59. The molecule has 1 aromatic carbocycles. The highest BCUT2D eigenvalue weighted by atomic mass is 35.5. The van der Waals surface area contributed by atoms with Crippen molar-refractivity contribution in [3.05, 3.63) is 34.4 Å². The van der Waals surface area contributed by atoms with Crippen LogP contribution in [0, 0.1) is 0 Å². The summed E-state index contributed by atoms with van der Waals surface area (Å²) in [4.78, 5) is 8.11. The number of aromatic hydroxyl groups is 1. The molecule has 0 aliphatic rings. The van der Waals surface area contributed by atoms with E-state index in [9.17, 15) is 5.11 Å². The van der Waals surface area contributed by atoms with Crippen LogP contribution in [0.15, 0.2) is 29.4 Å². The van der Waals surface area contributed by atoms with Crippen LogP contribution in [0.4, 0.5) is 5.95 Å². The molecule has 0 aliphatic heterocycles. The smallest absolute Gasteiger partial charge is 0.231 e. The summed E-state index contributed by atoms with van der Waals surface area (Å²) >= 11 is 11.9. The van der Waals surface area contributed by atoms with E-state index in [4.69, 9.17) is 28.9 Å². The highest BCUT2D eigenvalue weighted by Gasteiger charge is 2.11. The number of benzene rings is 1. The van der Waals surface area contributed by atoms with Crippen molar-refractivity contribution in [1.82, 2.24) is 9.55 Å². The predicted molar refractivity (Wildman–Crippen MR) is 85.6 cm³/mol. The second-order valence-electron chi connectivity index (χ2n) is 4.62. The molecule has 112 valence electrons. The van der Waals surface area contributed by atoms with Crippen molar-refractivity contribution in [2.75, 3.05) is 5.32 Å². The molecule has 0 bridgehead atoms. The van der Waals surface area contributed by atoms with Gasteiger partial charge >= 0.3 is 0 Å². The normalized spacial score (nSPS) is 12.0. The quantitative estimate of drug-likeness (QED) is 0.597. The van der Waals surface area contributed by atoms with Gasteiger partial charge in [-0.1, -0.05) is 23.2 Å². The molecular formula is C13H15Cl2N5O. The number of hydrogen-bond acceptors (Lipinski definition) is 3. The number of imidazole rings is 1. The third-order valence-electron chi connectivity index (χ3n) is 2.51. The minimum absolute atomic E-state index is 0.0412. The van der Waals surface area contributed by atoms with Crippen LogP contribution in [0.2, 0.25) is 10.0 Å². The van der Waals surface area contributed by atoms with Gasteiger partial charge in [0.05, 0.1) is 21.9 Å². The van der Waals surface area contributed by atoms with Crippen LogP contribution in [-0.4, -0.2) is 26.7 Å². The third kappa shape index (κ3) is 3.80. The van der Waals surface area contributed by atoms with Gasteiger partial charge in [0.2, 0.25) is 11.8 Å². The van der Waals surface area contributed by atoms with Crippen molar-refractivity contribution in [3.8, 4) is 11.6 Å². The lowest BCUT2D eigenvalue weighted by molar-refractivity contribution is 0.456. The maximum atomic E-state index is 9.60. The standard InChI is InChI=1S/C13H15Cl2N5O/c1-7(2)17-12(16)19-13-18-11(21)6-20(13)8-3-4-9(14)10(15)5-8/h3-7,21H,1-2H3,(H3,16,17,18,19). The van der Waals surface area contributed by atoms with Gasteiger partial charge in [-0.15, -0.1) is 0 Å². The molecular weight excluding hydrogens is 313 g/mol. The molecule has 2 rings (SSSR count). The van der Waals surface area contributed by atoms with Crippen LogP contribution in [0.25, 0.3) is 5.69 Å². The fraction of sp³-hybridized carbons (Fsp3) is 0.231. The van der Waals surface area contributed by atoms with Crippen molar-refractivity contribution in [1.29, 1.82) is 0 Å². The molecule has 8 heteroatoms. The number of rotatable bonds is 3. The Labute approximate surface area is 132 Å². The Bertz CT molecular complexity index is 681. The van der Waals surface area contributed by atoms with E-state index in [1.807, 2.05) is 13.8 Å². The molecule has 0 atom stereocenters. The SMILES string of the molecule is CC(C)N=C(N)Nc1nc(O)cn1-c1ccc(Cl)c(Cl)c1. The van der Waals surface area contributed by atoms with E-state index in [0.29, 0.717) is 21.7 Å². The average Bonchev–Trinajstić information content (AvgIpc) is 2.72. The third-order valence-corrected chi connectivity index (χ3v) is 3.25. The van der Waals surface area contributed by atoms with Crippen molar-refractivity contribution >= 4 is 35.1 Å². The second kappa shape index (κ2) is 6.24. The Morgan fingerprint density at radius 3 is 2.71 bits per heavy atom. The summed E-state index contributed by atoms with van der Waals surface area (Å²) in [6, 6.07) is 5.10. The van der Waals surface area contributed by atoms with E-state index >= 15 is 0 Å². The maximum absolute atomic E-state index is 9.60. The van der Waals surface area contributed by atoms with Crippen molar-refractivity contribution < 1.29 is 5.11 Å². The van der Waals surface area contributed by atoms with Gasteiger partial charge in [-0.05, 0) is 32.0 Å². The number of nitrogens with zero attached hydrogens (tertiary/aromatic N) is 3. The molecule has 0 saturated carbocycles. The van der Waals surface area contributed by atoms with Crippen LogP contribution >= 0.6 is 23.2 Å². The molecule has 0 fully saturated rings. The summed E-state index contributed by atoms with van der Waals surface area (Å²) in [5.74, 6) is 0.380. The first-order valence-corrected chi connectivity index (χ1v) is 6.96. The minimum Gasteiger partial charge on any atom is -0.492 e. The molecule has 0 amide bonds. The van der Waals surface area contributed by atoms with Gasteiger partial charge in [-0.25, -0.2) is 0 Å². The number of guanidine groups is 1. The van der Waals surface area contributed by atoms with Crippen LogP contribution in [0.5, 0.6) is 5.88 Å². The van der Waals surface area contributed by atoms with Gasteiger partial charge in [-0.2, -0.15) is 4.98 Å². The summed E-state index contributed by atoms with van der Waals surface area (Å²) < 4.78 is 1.60. The molecule has 0 spiro atoms. The molecule has 1 aromatic heterocycles. The van der Waals surface area contributed by atoms with Gasteiger partial charge in [-0.3, -0.25) is 14.9 Å². The number of hydrogen-bond donors (Lipinski definition) is 3. The number of anilines is 1. The molecule has 0 aliphatic carbocycles. The molecule has 6 nitrogen and oxygen atoms in total. The fourth-order valence-electron chi connectivity index (χ4n) is 1.71. The van der Waals surface area contributed by atoms with Crippen molar-refractivity contribution in [2.45, 2.75) is 19.9 Å². The van der Waals surface area contributed by atoms with Crippen LogP contribution < -0.4 is 11.1 Å². The molecule has 2 aromatic rings. The summed E-state index contributed by atoms with van der Waals surface area (Å²) in [7, 11) is 0. The highest BCUT2D eigenvalue weighted by Crippen LogP contribution is 2.27. The molecule has 0 unspecified atom stereocenters. The Morgan fingerprint density at radius 1 is 1.38 bits per heavy atom. The lowest BCUT2D eigenvalue weighted by Crippen LogP contribution is -2.25. The number of nitrogens with one attached hydrogen (secondary N) is 1. The van der Waals surface area contributed by atoms with E-state index in [2.05, 4.69) is 15.3 Å². The lowest BCUT2D eigenvalue weighted by Gasteiger charge is -2.10. The summed E-state index contributed by atoms with van der Waals surface area (Å²) in [5, 5.41) is 13.3. The van der Waals surface area contributed by atoms with Crippen LogP contribution in [0.3, 0.4) is 0 Å². The first-order valence-electron chi connectivity index (χ1n) is 6.21. The summed E-state index contributed by atoms with van der Waals surface area (Å²) in [5.41, 5.74) is 6.45. The summed E-state index contributed by atoms with van der Waals surface area (Å²) in [6.07, 6.45) is 1.44. The zero-order chi connectivity index (χ0) is 15.6. The first kappa shape index (κ1) is 15.5. The Morgan fingerprint density at radius 2 is 2.10 bits per heavy atom. The van der Waals surface area contributed by atoms with Crippen LogP contribution in [-0.2, 0) is 0 Å². The first-order chi connectivity index (χ1) is 9.86. The van der Waals surface area contributed by atoms with Crippen molar-refractivity contribution in [2.24, 2.45) is 10.7 Å². The van der Waals surface area contributed by atoms with Gasteiger partial charge in [0, 0.05) is 6.04 Å². The molecule has 0 radical (unpaired) electrons. The van der Waals surface area contributed by atoms with Gasteiger partial charge in [0.25, 0.3) is 0 Å². The van der Waals surface area contributed by atoms with Gasteiger partial charge in [0.1, 0.15) is 0 Å². The minimum atomic E-state index is -0.152. The van der Waals surface area contributed by atoms with Gasteiger partial charge in [0.15, 0.2) is 5.96 Å². The van der Waals surface area contributed by atoms with E-state index in [0.717, 1.165) is 0 Å². The average molecular weight is 328 g/mol. The van der Waals surface area contributed by atoms with E-state index in [1.165, 1.54) is 6.20 Å². The predicted octanol–water partition coefficient (Wildman–Crippen LogP) is 3.02. The topological polar surface area (TPSA) is 88.5 Å². The molecule has 21 heavy (non-hydrogen) atoms. The van der Waals surface area contributed by atoms with Crippen LogP contribution in [0.1, 0.15) is 13.8 Å². The largest absolute Gasteiger partial charge is 0.492 e. The number of aliphatic imine (C=N–C) groups is 1. The summed E-state index contributed by atoms with van der Waals surface area (Å²) in [6.45, 7) is 3.80. The van der Waals surface area contributed by atoms with Crippen molar-refractivity contribution in [3.63, 3.8) is 0 Å². The monoisotopic (exact) mass is 327 g/mol. The Hall–Kier alpha value is -1.92. The second-order valence-corrected chi connectivity index (χ2v) is 5.44. The highest BCUT2D eigenvalue weighted by molar-refractivity contribution is 6.42. The zero-order valence-corrected chi connectivity index (χ0v) is 13.0. The van der Waals surface area contributed by atoms with E-state index in [1.54, 1.807) is 22.8 Å². The molecule has 4 N–H and O–H groups in total. The van der Waals surface area contributed by atoms with E-state index in [-0.39, 0.29) is 17.9 Å².